The molecule has 1 saturated heterocycles. The maximum atomic E-state index is 12.9. The number of aromatic nitrogens is 3. The number of hydrogen-bond donors (Lipinski definition) is 0. The van der Waals surface area contributed by atoms with Crippen LogP contribution in [-0.4, -0.2) is 64.2 Å². The molecule has 4 heterocycles. The molecular formula is C22H25N5O2S2. The summed E-state index contributed by atoms with van der Waals surface area (Å²) in [7, 11) is 0. The standard InChI is InChI=1S/C22H25N5O2S2/c1-16-3-2-4-18(13-16)27-21(25-8-10-29-11-9-25)23-24-22(27)31-15-20(28)26-7-5-19-17(14-26)6-12-30-19/h2-4,6,12-13H,5,7-11,14-15H2,1H3. The third kappa shape index (κ3) is 4.35. The van der Waals surface area contributed by atoms with Crippen molar-refractivity contribution >= 4 is 35.0 Å². The van der Waals surface area contributed by atoms with E-state index in [1.54, 1.807) is 11.3 Å². The Morgan fingerprint density at radius 1 is 1.19 bits per heavy atom. The highest BCUT2D eigenvalue weighted by Crippen LogP contribution is 2.29. The first kappa shape index (κ1) is 20.5. The number of thiophene rings is 1. The van der Waals surface area contributed by atoms with Crippen LogP contribution in [0.5, 0.6) is 0 Å². The molecule has 2 aromatic heterocycles. The molecule has 3 aromatic rings. The zero-order chi connectivity index (χ0) is 21.2. The number of thioether (sulfide) groups is 1. The van der Waals surface area contributed by atoms with Crippen molar-refractivity contribution in [3.8, 4) is 5.69 Å². The van der Waals surface area contributed by atoms with Gasteiger partial charge < -0.3 is 14.5 Å². The lowest BCUT2D eigenvalue weighted by Crippen LogP contribution is -2.38. The van der Waals surface area contributed by atoms with Crippen LogP contribution in [0.25, 0.3) is 5.69 Å². The molecule has 0 spiro atoms. The van der Waals surface area contributed by atoms with E-state index in [0.29, 0.717) is 25.5 Å². The highest BCUT2D eigenvalue weighted by molar-refractivity contribution is 7.99. The minimum Gasteiger partial charge on any atom is -0.378 e. The average Bonchev–Trinajstić information content (AvgIpc) is 3.44. The van der Waals surface area contributed by atoms with Crippen LogP contribution in [0.15, 0.2) is 40.9 Å². The Balaban J connectivity index is 1.36. The van der Waals surface area contributed by atoms with Gasteiger partial charge in [-0.05, 0) is 48.1 Å². The normalized spacial score (nSPS) is 16.4. The SMILES string of the molecule is Cc1cccc(-n2c(SCC(=O)N3CCc4sccc4C3)nnc2N2CCOCC2)c1. The molecular weight excluding hydrogens is 430 g/mol. The molecule has 9 heteroatoms. The number of aryl methyl sites for hydroxylation is 1. The van der Waals surface area contributed by atoms with Gasteiger partial charge in [0.15, 0.2) is 5.16 Å². The van der Waals surface area contributed by atoms with Gasteiger partial charge in [-0.2, -0.15) is 0 Å². The van der Waals surface area contributed by atoms with Gasteiger partial charge in [-0.15, -0.1) is 21.5 Å². The molecule has 162 valence electrons. The van der Waals surface area contributed by atoms with Crippen molar-refractivity contribution in [3.05, 3.63) is 51.7 Å². The fraction of sp³-hybridized carbons (Fsp3) is 0.409. The summed E-state index contributed by atoms with van der Waals surface area (Å²) in [6, 6.07) is 10.4. The number of hydrogen-bond acceptors (Lipinski definition) is 7. The summed E-state index contributed by atoms with van der Waals surface area (Å²) in [6.45, 7) is 6.50. The second-order valence-corrected chi connectivity index (χ2v) is 9.72. The van der Waals surface area contributed by atoms with Crippen LogP contribution in [0.2, 0.25) is 0 Å². The Morgan fingerprint density at radius 3 is 2.90 bits per heavy atom. The number of rotatable bonds is 5. The van der Waals surface area contributed by atoms with Crippen molar-refractivity contribution < 1.29 is 9.53 Å². The maximum absolute atomic E-state index is 12.9. The molecule has 0 atom stereocenters. The molecule has 0 aliphatic carbocycles. The number of ether oxygens (including phenoxy) is 1. The minimum absolute atomic E-state index is 0.147. The molecule has 0 saturated carbocycles. The van der Waals surface area contributed by atoms with E-state index in [2.05, 4.69) is 56.2 Å². The summed E-state index contributed by atoms with van der Waals surface area (Å²) in [6.07, 6.45) is 0.948. The van der Waals surface area contributed by atoms with Crippen LogP contribution >= 0.6 is 23.1 Å². The molecule has 1 fully saturated rings. The molecule has 5 rings (SSSR count). The first-order valence-electron chi connectivity index (χ1n) is 10.5. The Kier molecular flexibility index (Phi) is 5.97. The van der Waals surface area contributed by atoms with Crippen LogP contribution < -0.4 is 4.90 Å². The van der Waals surface area contributed by atoms with E-state index in [4.69, 9.17) is 4.74 Å². The van der Waals surface area contributed by atoms with E-state index in [1.807, 2.05) is 11.0 Å². The van der Waals surface area contributed by atoms with Crippen LogP contribution in [0.4, 0.5) is 5.95 Å². The zero-order valence-electron chi connectivity index (χ0n) is 17.5. The van der Waals surface area contributed by atoms with Crippen molar-refractivity contribution in [1.82, 2.24) is 19.7 Å². The van der Waals surface area contributed by atoms with Gasteiger partial charge in [0, 0.05) is 31.1 Å². The Labute approximate surface area is 190 Å². The smallest absolute Gasteiger partial charge is 0.233 e. The van der Waals surface area contributed by atoms with E-state index in [0.717, 1.165) is 42.8 Å². The fourth-order valence-electron chi connectivity index (χ4n) is 4.00. The topological polar surface area (TPSA) is 63.5 Å². The van der Waals surface area contributed by atoms with Gasteiger partial charge in [0.25, 0.3) is 0 Å². The Hall–Kier alpha value is -2.36. The quantitative estimate of drug-likeness (QED) is 0.551. The molecule has 0 unspecified atom stereocenters. The maximum Gasteiger partial charge on any atom is 0.233 e. The van der Waals surface area contributed by atoms with Crippen LogP contribution in [0.3, 0.4) is 0 Å². The van der Waals surface area contributed by atoms with Crippen LogP contribution in [0, 0.1) is 6.92 Å². The van der Waals surface area contributed by atoms with Gasteiger partial charge >= 0.3 is 0 Å². The molecule has 31 heavy (non-hydrogen) atoms. The first-order chi connectivity index (χ1) is 15.2. The van der Waals surface area contributed by atoms with Crippen molar-refractivity contribution in [3.63, 3.8) is 0 Å². The summed E-state index contributed by atoms with van der Waals surface area (Å²) >= 11 is 3.25. The Morgan fingerprint density at radius 2 is 2.06 bits per heavy atom. The number of anilines is 1. The van der Waals surface area contributed by atoms with Gasteiger partial charge in [0.1, 0.15) is 0 Å². The van der Waals surface area contributed by atoms with Gasteiger partial charge in [0.05, 0.1) is 24.7 Å². The zero-order valence-corrected chi connectivity index (χ0v) is 19.1. The highest BCUT2D eigenvalue weighted by Gasteiger charge is 2.25. The van der Waals surface area contributed by atoms with E-state index in [-0.39, 0.29) is 5.91 Å². The molecule has 2 aliphatic heterocycles. The molecule has 1 amide bonds. The summed E-state index contributed by atoms with van der Waals surface area (Å²) in [4.78, 5) is 18.5. The minimum atomic E-state index is 0.147. The first-order valence-corrected chi connectivity index (χ1v) is 12.4. The highest BCUT2D eigenvalue weighted by atomic mass is 32.2. The number of morpholine rings is 1. The van der Waals surface area contributed by atoms with Gasteiger partial charge in [0.2, 0.25) is 11.9 Å². The summed E-state index contributed by atoms with van der Waals surface area (Å²) < 4.78 is 7.58. The predicted molar refractivity (Wildman–Crippen MR) is 123 cm³/mol. The number of carbonyl (C=O) groups is 1. The van der Waals surface area contributed by atoms with E-state index in [1.165, 1.54) is 27.8 Å². The number of benzene rings is 1. The van der Waals surface area contributed by atoms with E-state index in [9.17, 15) is 4.79 Å². The van der Waals surface area contributed by atoms with Gasteiger partial charge in [-0.1, -0.05) is 23.9 Å². The lowest BCUT2D eigenvalue weighted by molar-refractivity contribution is -0.129. The second-order valence-electron chi connectivity index (χ2n) is 7.78. The fourth-order valence-corrected chi connectivity index (χ4v) is 5.74. The summed E-state index contributed by atoms with van der Waals surface area (Å²) in [5, 5.41) is 11.8. The molecule has 7 nitrogen and oxygen atoms in total. The third-order valence-electron chi connectivity index (χ3n) is 5.66. The second kappa shape index (κ2) is 9.02. The van der Waals surface area contributed by atoms with Crippen molar-refractivity contribution in [1.29, 1.82) is 0 Å². The molecule has 0 N–H and O–H groups in total. The van der Waals surface area contributed by atoms with Crippen molar-refractivity contribution in [2.24, 2.45) is 0 Å². The Bertz CT molecular complexity index is 1070. The lowest BCUT2D eigenvalue weighted by Gasteiger charge is -2.28. The van der Waals surface area contributed by atoms with Crippen molar-refractivity contribution in [2.45, 2.75) is 25.0 Å². The number of fused-ring (bicyclic) bond motifs is 1. The van der Waals surface area contributed by atoms with Crippen LogP contribution in [0.1, 0.15) is 16.0 Å². The molecule has 0 bridgehead atoms. The van der Waals surface area contributed by atoms with Crippen molar-refractivity contribution in [2.75, 3.05) is 43.5 Å². The molecule has 2 aliphatic rings. The summed E-state index contributed by atoms with van der Waals surface area (Å²) in [5.41, 5.74) is 3.47. The van der Waals surface area contributed by atoms with E-state index < -0.39 is 0 Å². The number of carbonyl (C=O) groups excluding carboxylic acids is 1. The van der Waals surface area contributed by atoms with Crippen LogP contribution in [-0.2, 0) is 22.5 Å². The average molecular weight is 456 g/mol. The largest absolute Gasteiger partial charge is 0.378 e. The monoisotopic (exact) mass is 455 g/mol. The molecule has 0 radical (unpaired) electrons. The lowest BCUT2D eigenvalue weighted by atomic mass is 10.1. The van der Waals surface area contributed by atoms with Gasteiger partial charge in [-0.3, -0.25) is 9.36 Å². The number of amides is 1. The number of nitrogens with zero attached hydrogens (tertiary/aromatic N) is 5. The third-order valence-corrected chi connectivity index (χ3v) is 7.59. The molecule has 1 aromatic carbocycles. The van der Waals surface area contributed by atoms with E-state index >= 15 is 0 Å². The van der Waals surface area contributed by atoms with Gasteiger partial charge in [-0.25, -0.2) is 0 Å². The predicted octanol–water partition coefficient (Wildman–Crippen LogP) is 3.15. The summed E-state index contributed by atoms with van der Waals surface area (Å²) in [5.74, 6) is 1.31.